The largest absolute Gasteiger partial charge is 0.0776 e. The molecule has 0 aromatic heterocycles. The van der Waals surface area contributed by atoms with E-state index in [9.17, 15) is 0 Å². The quantitative estimate of drug-likeness (QED) is 0.363. The summed E-state index contributed by atoms with van der Waals surface area (Å²) in [7, 11) is 0. The van der Waals surface area contributed by atoms with Gasteiger partial charge in [0.15, 0.2) is 0 Å². The highest BCUT2D eigenvalue weighted by atomic mass is 14.2. The summed E-state index contributed by atoms with van der Waals surface area (Å²) in [6, 6.07) is 0. The van der Waals surface area contributed by atoms with Gasteiger partial charge in [0.2, 0.25) is 0 Å². The molecule has 0 nitrogen and oxygen atoms in total. The third-order valence-corrected chi connectivity index (χ3v) is 4.32. The highest BCUT2D eigenvalue weighted by Crippen LogP contribution is 2.28. The molecule has 0 heteroatoms. The molecule has 0 radical (unpaired) electrons. The number of hydrogen-bond donors (Lipinski definition) is 0. The molecule has 0 aromatic carbocycles. The molecular formula is C25H60. The zero-order valence-corrected chi connectivity index (χ0v) is 19.9. The Bertz CT molecular complexity index is 167. The summed E-state index contributed by atoms with van der Waals surface area (Å²) in [4.78, 5) is 0. The van der Waals surface area contributed by atoms with Crippen molar-refractivity contribution in [1.29, 1.82) is 0 Å². The third kappa shape index (κ3) is 45.4. The highest BCUT2D eigenvalue weighted by Gasteiger charge is 2.14. The molecule has 0 rings (SSSR count). The Morgan fingerprint density at radius 1 is 0.640 bits per heavy atom. The number of rotatable bonds is 10. The third-order valence-electron chi connectivity index (χ3n) is 4.32. The van der Waals surface area contributed by atoms with Crippen molar-refractivity contribution in [3.05, 3.63) is 0 Å². The van der Waals surface area contributed by atoms with Gasteiger partial charge in [0.25, 0.3) is 0 Å². The summed E-state index contributed by atoms with van der Waals surface area (Å²) < 4.78 is 0. The van der Waals surface area contributed by atoms with Crippen LogP contribution in [0.3, 0.4) is 0 Å². The summed E-state index contributed by atoms with van der Waals surface area (Å²) in [6.45, 7) is 24.5. The van der Waals surface area contributed by atoms with E-state index in [0.717, 1.165) is 5.92 Å². The Labute approximate surface area is 166 Å². The maximum Gasteiger partial charge on any atom is -0.0354 e. The molecule has 0 aliphatic heterocycles. The van der Waals surface area contributed by atoms with E-state index in [1.54, 1.807) is 0 Å². The molecular weight excluding hydrogens is 300 g/mol. The van der Waals surface area contributed by atoms with Gasteiger partial charge in [-0.15, -0.1) is 0 Å². The Hall–Kier alpha value is 0. The van der Waals surface area contributed by atoms with Crippen molar-refractivity contribution in [2.75, 3.05) is 0 Å². The minimum Gasteiger partial charge on any atom is -0.0776 e. The summed E-state index contributed by atoms with van der Waals surface area (Å²) in [5.74, 6) is 0.949. The fraction of sp³-hybridized carbons (Fsp3) is 1.00. The average Bonchev–Trinajstić information content (AvgIpc) is 2.57. The van der Waals surface area contributed by atoms with Crippen LogP contribution in [-0.4, -0.2) is 0 Å². The molecule has 0 aromatic rings. The van der Waals surface area contributed by atoms with Crippen LogP contribution in [0.15, 0.2) is 0 Å². The fourth-order valence-corrected chi connectivity index (χ4v) is 2.51. The minimum atomic E-state index is 0. The standard InChI is InChI=1S/C10H22.C7H16.C5H12.C2H6.CH4/c1-5-7-9-10(3,4)8-6-2;1-4-6-7(3)5-2;1-3-5-4-2;1-2;/h5-9H2,1-4H3;7H,4-6H2,1-3H3;3-5H2,1-2H3;1-2H3;1H4. The van der Waals surface area contributed by atoms with Gasteiger partial charge in [0.1, 0.15) is 0 Å². The normalized spacial score (nSPS) is 10.7. The lowest BCUT2D eigenvalue weighted by Crippen LogP contribution is -2.09. The van der Waals surface area contributed by atoms with E-state index in [1.165, 1.54) is 70.6 Å². The molecule has 0 heterocycles. The van der Waals surface area contributed by atoms with Crippen molar-refractivity contribution < 1.29 is 0 Å². The molecule has 0 saturated carbocycles. The van der Waals surface area contributed by atoms with Gasteiger partial charge in [0.05, 0.1) is 0 Å². The Morgan fingerprint density at radius 2 is 1.08 bits per heavy atom. The molecule has 1 unspecified atom stereocenters. The fourth-order valence-electron chi connectivity index (χ4n) is 2.51. The van der Waals surface area contributed by atoms with Crippen LogP contribution in [0.5, 0.6) is 0 Å². The van der Waals surface area contributed by atoms with Crippen LogP contribution in [-0.2, 0) is 0 Å². The molecule has 25 heavy (non-hydrogen) atoms. The van der Waals surface area contributed by atoms with Gasteiger partial charge in [-0.05, 0) is 24.2 Å². The van der Waals surface area contributed by atoms with Crippen molar-refractivity contribution in [3.63, 3.8) is 0 Å². The zero-order valence-electron chi connectivity index (χ0n) is 19.9. The molecule has 0 aliphatic carbocycles. The zero-order chi connectivity index (χ0) is 19.9. The molecule has 0 aliphatic rings. The first kappa shape index (κ1) is 36.0. The Morgan fingerprint density at radius 3 is 1.28 bits per heavy atom. The number of hydrogen-bond acceptors (Lipinski definition) is 0. The van der Waals surface area contributed by atoms with Crippen molar-refractivity contribution in [1.82, 2.24) is 0 Å². The molecule has 160 valence electrons. The van der Waals surface area contributed by atoms with Crippen LogP contribution < -0.4 is 0 Å². The van der Waals surface area contributed by atoms with Gasteiger partial charge in [0, 0.05) is 0 Å². The number of unbranched alkanes of at least 4 members (excludes halogenated alkanes) is 3. The maximum absolute atomic E-state index is 2.38. The van der Waals surface area contributed by atoms with Gasteiger partial charge >= 0.3 is 0 Å². The second-order valence-electron chi connectivity index (χ2n) is 7.67. The molecule has 0 N–H and O–H groups in total. The van der Waals surface area contributed by atoms with E-state index >= 15 is 0 Å². The summed E-state index contributed by atoms with van der Waals surface area (Å²) in [5, 5.41) is 0. The predicted molar refractivity (Wildman–Crippen MR) is 126 cm³/mol. The molecule has 0 saturated heterocycles. The maximum atomic E-state index is 2.38. The van der Waals surface area contributed by atoms with Crippen LogP contribution in [0, 0.1) is 11.3 Å². The smallest absolute Gasteiger partial charge is 0.0354 e. The van der Waals surface area contributed by atoms with Gasteiger partial charge in [-0.25, -0.2) is 0 Å². The van der Waals surface area contributed by atoms with Crippen LogP contribution in [0.2, 0.25) is 0 Å². The molecule has 0 fully saturated rings. The van der Waals surface area contributed by atoms with E-state index < -0.39 is 0 Å². The lowest BCUT2D eigenvalue weighted by Gasteiger charge is -2.23. The van der Waals surface area contributed by atoms with Crippen LogP contribution in [0.25, 0.3) is 0 Å². The topological polar surface area (TPSA) is 0 Å². The second-order valence-corrected chi connectivity index (χ2v) is 7.67. The minimum absolute atomic E-state index is 0. The van der Waals surface area contributed by atoms with E-state index in [-0.39, 0.29) is 7.43 Å². The first-order chi connectivity index (χ1) is 11.3. The summed E-state index contributed by atoms with van der Waals surface area (Å²) >= 11 is 0. The first-order valence-electron chi connectivity index (χ1n) is 11.3. The van der Waals surface area contributed by atoms with E-state index in [2.05, 4.69) is 62.3 Å². The first-order valence-corrected chi connectivity index (χ1v) is 11.3. The van der Waals surface area contributed by atoms with Crippen LogP contribution in [0.1, 0.15) is 154 Å². The second kappa shape index (κ2) is 31.7. The molecule has 0 amide bonds. The van der Waals surface area contributed by atoms with Gasteiger partial charge in [-0.2, -0.15) is 0 Å². The van der Waals surface area contributed by atoms with E-state index in [1.807, 2.05) is 13.8 Å². The predicted octanol–water partition coefficient (Wildman–Crippen LogP) is 10.7. The van der Waals surface area contributed by atoms with Gasteiger partial charge in [-0.1, -0.05) is 141 Å². The highest BCUT2D eigenvalue weighted by molar-refractivity contribution is 4.66. The van der Waals surface area contributed by atoms with Crippen molar-refractivity contribution in [3.8, 4) is 0 Å². The Balaban J connectivity index is -0.0000000785. The van der Waals surface area contributed by atoms with Gasteiger partial charge in [-0.3, -0.25) is 0 Å². The lowest BCUT2D eigenvalue weighted by atomic mass is 9.83. The Kier molecular flexibility index (Phi) is 45.7. The molecule has 0 spiro atoms. The van der Waals surface area contributed by atoms with E-state index in [0.29, 0.717) is 5.41 Å². The molecule has 1 atom stereocenters. The molecule has 0 bridgehead atoms. The summed E-state index contributed by atoms with van der Waals surface area (Å²) in [5.41, 5.74) is 0.602. The SMILES string of the molecule is C.CC.CCCC(C)CC.CCCCC.CCCCC(C)(C)CCC. The van der Waals surface area contributed by atoms with Crippen LogP contribution in [0.4, 0.5) is 0 Å². The average molecular weight is 361 g/mol. The lowest BCUT2D eigenvalue weighted by molar-refractivity contribution is 0.295. The van der Waals surface area contributed by atoms with Crippen molar-refractivity contribution in [2.45, 2.75) is 154 Å². The van der Waals surface area contributed by atoms with Crippen LogP contribution >= 0.6 is 0 Å². The van der Waals surface area contributed by atoms with Gasteiger partial charge < -0.3 is 0 Å². The van der Waals surface area contributed by atoms with E-state index in [4.69, 9.17) is 0 Å². The summed E-state index contributed by atoms with van der Waals surface area (Å²) in [6.07, 6.45) is 15.0. The van der Waals surface area contributed by atoms with Crippen molar-refractivity contribution >= 4 is 0 Å². The monoisotopic (exact) mass is 360 g/mol. The van der Waals surface area contributed by atoms with Crippen molar-refractivity contribution in [2.24, 2.45) is 11.3 Å².